The molecular weight excluding hydrogens is 378 g/mol. The number of hydrazine groups is 1. The maximum atomic E-state index is 13.2. The second-order valence-electron chi connectivity index (χ2n) is 6.15. The number of para-hydroxylation sites is 1. The number of nitrogens with zero attached hydrogens (tertiary/aromatic N) is 2. The molecule has 0 saturated carbocycles. The number of sulfonamides is 1. The summed E-state index contributed by atoms with van der Waals surface area (Å²) in [6.07, 6.45) is 4.57. The van der Waals surface area contributed by atoms with E-state index in [2.05, 4.69) is 12.0 Å². The van der Waals surface area contributed by atoms with Gasteiger partial charge >= 0.3 is 0 Å². The van der Waals surface area contributed by atoms with Crippen molar-refractivity contribution < 1.29 is 13.3 Å². The Morgan fingerprint density at radius 3 is 2.50 bits per heavy atom. The SMILES string of the molecule is C=CC(CCCCCCl)N(NC(C)C)S(=O)(=O)c1ccccc1[N+](=O)[O-]. The van der Waals surface area contributed by atoms with Gasteiger partial charge in [-0.1, -0.05) is 31.1 Å². The first-order chi connectivity index (χ1) is 12.3. The van der Waals surface area contributed by atoms with Crippen LogP contribution in [0.3, 0.4) is 0 Å². The molecule has 0 aromatic heterocycles. The first kappa shape index (κ1) is 22.6. The minimum Gasteiger partial charge on any atom is -0.258 e. The van der Waals surface area contributed by atoms with Crippen molar-refractivity contribution in [1.29, 1.82) is 0 Å². The van der Waals surface area contributed by atoms with Crippen LogP contribution in [0.15, 0.2) is 41.8 Å². The number of halogens is 1. The maximum absolute atomic E-state index is 13.2. The Hall–Kier alpha value is -1.48. The molecule has 0 aliphatic rings. The van der Waals surface area contributed by atoms with Gasteiger partial charge in [0.1, 0.15) is 0 Å². The van der Waals surface area contributed by atoms with Gasteiger partial charge in [-0.3, -0.25) is 10.1 Å². The van der Waals surface area contributed by atoms with Crippen molar-refractivity contribution in [2.24, 2.45) is 0 Å². The number of benzene rings is 1. The van der Waals surface area contributed by atoms with E-state index in [4.69, 9.17) is 11.6 Å². The predicted molar refractivity (Wildman–Crippen MR) is 104 cm³/mol. The number of nitrogens with one attached hydrogen (secondary N) is 1. The molecule has 0 saturated heterocycles. The molecule has 0 spiro atoms. The van der Waals surface area contributed by atoms with Crippen LogP contribution in [-0.4, -0.2) is 35.7 Å². The van der Waals surface area contributed by atoms with Crippen molar-refractivity contribution in [3.05, 3.63) is 47.0 Å². The zero-order valence-corrected chi connectivity index (χ0v) is 16.7. The molecule has 0 bridgehead atoms. The molecule has 1 unspecified atom stereocenters. The van der Waals surface area contributed by atoms with E-state index >= 15 is 0 Å². The smallest absolute Gasteiger partial charge is 0.258 e. The quantitative estimate of drug-likeness (QED) is 0.188. The Kier molecular flexibility index (Phi) is 9.21. The summed E-state index contributed by atoms with van der Waals surface area (Å²) in [7, 11) is -4.14. The third kappa shape index (κ3) is 6.05. The molecule has 9 heteroatoms. The highest BCUT2D eigenvalue weighted by Crippen LogP contribution is 2.28. The van der Waals surface area contributed by atoms with Gasteiger partial charge in [0.15, 0.2) is 4.90 Å². The molecule has 7 nitrogen and oxygen atoms in total. The zero-order chi connectivity index (χ0) is 19.7. The molecule has 0 aliphatic carbocycles. The van der Waals surface area contributed by atoms with Gasteiger partial charge in [-0.15, -0.1) is 22.6 Å². The van der Waals surface area contributed by atoms with Crippen LogP contribution in [0, 0.1) is 10.1 Å². The first-order valence-corrected chi connectivity index (χ1v) is 10.5. The van der Waals surface area contributed by atoms with Crippen LogP contribution in [-0.2, 0) is 10.0 Å². The van der Waals surface area contributed by atoms with Gasteiger partial charge < -0.3 is 0 Å². The van der Waals surface area contributed by atoms with Crippen molar-refractivity contribution in [3.63, 3.8) is 0 Å². The van der Waals surface area contributed by atoms with Crippen LogP contribution in [0.1, 0.15) is 39.5 Å². The minimum atomic E-state index is -4.14. The van der Waals surface area contributed by atoms with Gasteiger partial charge in [0.25, 0.3) is 15.7 Å². The van der Waals surface area contributed by atoms with Crippen LogP contribution in [0.4, 0.5) is 5.69 Å². The third-order valence-electron chi connectivity index (χ3n) is 3.69. The van der Waals surface area contributed by atoms with E-state index < -0.39 is 26.7 Å². The van der Waals surface area contributed by atoms with E-state index in [1.165, 1.54) is 24.3 Å². The maximum Gasteiger partial charge on any atom is 0.289 e. The summed E-state index contributed by atoms with van der Waals surface area (Å²) in [6.45, 7) is 7.35. The summed E-state index contributed by atoms with van der Waals surface area (Å²) in [5.74, 6) is 0.557. The molecule has 0 fully saturated rings. The van der Waals surface area contributed by atoms with Crippen molar-refractivity contribution in [2.45, 2.75) is 56.5 Å². The molecule has 26 heavy (non-hydrogen) atoms. The van der Waals surface area contributed by atoms with E-state index in [1.807, 2.05) is 0 Å². The molecule has 146 valence electrons. The summed E-state index contributed by atoms with van der Waals surface area (Å²) >= 11 is 5.68. The van der Waals surface area contributed by atoms with Crippen LogP contribution in [0.25, 0.3) is 0 Å². The normalized spacial score (nSPS) is 13.1. The molecule has 1 aromatic carbocycles. The summed E-state index contributed by atoms with van der Waals surface area (Å²) in [4.78, 5) is 10.2. The molecule has 0 aliphatic heterocycles. The van der Waals surface area contributed by atoms with Gasteiger partial charge in [-0.25, -0.2) is 13.8 Å². The Balaban J connectivity index is 3.25. The minimum absolute atomic E-state index is 0.183. The Morgan fingerprint density at radius 2 is 1.96 bits per heavy atom. The number of nitro groups is 1. The van der Waals surface area contributed by atoms with Crippen molar-refractivity contribution in [1.82, 2.24) is 9.84 Å². The Labute approximate surface area is 160 Å². The molecular formula is C17H26ClN3O4S. The fourth-order valence-corrected chi connectivity index (χ4v) is 4.44. The molecule has 1 aromatic rings. The number of unbranched alkanes of at least 4 members (excludes halogenated alkanes) is 2. The highest BCUT2D eigenvalue weighted by molar-refractivity contribution is 7.89. The van der Waals surface area contributed by atoms with E-state index in [-0.39, 0.29) is 10.9 Å². The van der Waals surface area contributed by atoms with Crippen LogP contribution in [0.2, 0.25) is 0 Å². The van der Waals surface area contributed by atoms with Crippen molar-refractivity contribution in [3.8, 4) is 0 Å². The zero-order valence-electron chi connectivity index (χ0n) is 15.1. The van der Waals surface area contributed by atoms with Crippen molar-refractivity contribution in [2.75, 3.05) is 5.88 Å². The van der Waals surface area contributed by atoms with Gasteiger partial charge in [-0.2, -0.15) is 0 Å². The molecule has 1 rings (SSSR count). The number of hydrogen-bond acceptors (Lipinski definition) is 5. The van der Waals surface area contributed by atoms with Crippen molar-refractivity contribution >= 4 is 27.3 Å². The number of rotatable bonds is 12. The fraction of sp³-hybridized carbons (Fsp3) is 0.529. The Morgan fingerprint density at radius 1 is 1.31 bits per heavy atom. The second kappa shape index (κ2) is 10.6. The second-order valence-corrected chi connectivity index (χ2v) is 8.31. The van der Waals surface area contributed by atoms with Gasteiger partial charge in [0, 0.05) is 18.0 Å². The van der Waals surface area contributed by atoms with Gasteiger partial charge in [0.05, 0.1) is 11.0 Å². The molecule has 0 amide bonds. The fourth-order valence-electron chi connectivity index (χ4n) is 2.49. The van der Waals surface area contributed by atoms with E-state index in [0.29, 0.717) is 12.3 Å². The number of nitro benzene ring substituents is 1. The first-order valence-electron chi connectivity index (χ1n) is 8.48. The average molecular weight is 404 g/mol. The number of hydrogen-bond donors (Lipinski definition) is 1. The molecule has 0 heterocycles. The third-order valence-corrected chi connectivity index (χ3v) is 5.75. The van der Waals surface area contributed by atoms with E-state index in [0.717, 1.165) is 23.7 Å². The Bertz CT molecular complexity index is 710. The van der Waals surface area contributed by atoms with Gasteiger partial charge in [0.2, 0.25) is 0 Å². The van der Waals surface area contributed by atoms with Crippen LogP contribution >= 0.6 is 11.6 Å². The largest absolute Gasteiger partial charge is 0.289 e. The summed E-state index contributed by atoms with van der Waals surface area (Å²) < 4.78 is 27.4. The lowest BCUT2D eigenvalue weighted by Gasteiger charge is -2.31. The molecule has 1 atom stereocenters. The highest BCUT2D eigenvalue weighted by Gasteiger charge is 2.35. The lowest BCUT2D eigenvalue weighted by atomic mass is 10.1. The number of alkyl halides is 1. The summed E-state index contributed by atoms with van der Waals surface area (Å²) in [5, 5.41) is 11.3. The average Bonchev–Trinajstić information content (AvgIpc) is 2.60. The van der Waals surface area contributed by atoms with E-state index in [1.54, 1.807) is 19.9 Å². The topological polar surface area (TPSA) is 92.6 Å². The molecule has 0 radical (unpaired) electrons. The van der Waals surface area contributed by atoms with E-state index in [9.17, 15) is 18.5 Å². The van der Waals surface area contributed by atoms with Crippen LogP contribution in [0.5, 0.6) is 0 Å². The summed E-state index contributed by atoms with van der Waals surface area (Å²) in [6, 6.07) is 4.63. The molecule has 1 N–H and O–H groups in total. The van der Waals surface area contributed by atoms with Gasteiger partial charge in [-0.05, 0) is 32.8 Å². The lowest BCUT2D eigenvalue weighted by Crippen LogP contribution is -2.51. The standard InChI is InChI=1S/C17H26ClN3O4S/c1-4-15(10-6-5-9-13-18)20(19-14(2)3)26(24,25)17-12-8-7-11-16(17)21(22)23/h4,7-8,11-12,14-15,19H,1,5-6,9-10,13H2,2-3H3. The highest BCUT2D eigenvalue weighted by atomic mass is 35.5. The monoisotopic (exact) mass is 403 g/mol. The predicted octanol–water partition coefficient (Wildman–Crippen LogP) is 3.85. The summed E-state index contributed by atoms with van der Waals surface area (Å²) in [5.41, 5.74) is 2.45. The van der Waals surface area contributed by atoms with Crippen LogP contribution < -0.4 is 5.43 Å². The lowest BCUT2D eigenvalue weighted by molar-refractivity contribution is -0.387.